The van der Waals surface area contributed by atoms with Crippen molar-refractivity contribution in [3.63, 3.8) is 0 Å². The first-order chi connectivity index (χ1) is 12.9. The van der Waals surface area contributed by atoms with Gasteiger partial charge in [-0.3, -0.25) is 14.5 Å². The van der Waals surface area contributed by atoms with Crippen molar-refractivity contribution in [3.05, 3.63) is 0 Å². The predicted molar refractivity (Wildman–Crippen MR) is 110 cm³/mol. The van der Waals surface area contributed by atoms with Gasteiger partial charge in [0.25, 0.3) is 0 Å². The van der Waals surface area contributed by atoms with Gasteiger partial charge in [0, 0.05) is 18.5 Å². The van der Waals surface area contributed by atoms with Crippen molar-refractivity contribution in [2.24, 2.45) is 11.8 Å². The molecule has 3 rings (SSSR count). The summed E-state index contributed by atoms with van der Waals surface area (Å²) in [6.07, 6.45) is 6.03. The SMILES string of the molecule is CCC(=O)N(c1nnc(S[C@H](C)C(=O)N[C@@H]2CCC[C@H](C)[C@@H]2C)s1)C1CC1. The van der Waals surface area contributed by atoms with Crippen LogP contribution in [0.1, 0.15) is 66.2 Å². The van der Waals surface area contributed by atoms with Crippen LogP contribution in [-0.4, -0.2) is 39.3 Å². The fourth-order valence-corrected chi connectivity index (χ4v) is 5.69. The number of rotatable bonds is 7. The average Bonchev–Trinajstić information content (AvgIpc) is 3.37. The van der Waals surface area contributed by atoms with Crippen LogP contribution in [0.5, 0.6) is 0 Å². The Morgan fingerprint density at radius 2 is 2.00 bits per heavy atom. The molecule has 1 heterocycles. The molecule has 150 valence electrons. The molecule has 0 saturated heterocycles. The Kier molecular flexibility index (Phi) is 6.78. The van der Waals surface area contributed by atoms with E-state index in [4.69, 9.17) is 0 Å². The number of anilines is 1. The molecule has 0 radical (unpaired) electrons. The molecule has 1 aromatic heterocycles. The van der Waals surface area contributed by atoms with Crippen LogP contribution in [0.3, 0.4) is 0 Å². The van der Waals surface area contributed by atoms with Crippen LogP contribution < -0.4 is 10.2 Å². The van der Waals surface area contributed by atoms with Crippen LogP contribution in [0.4, 0.5) is 5.13 Å². The summed E-state index contributed by atoms with van der Waals surface area (Å²) in [6, 6.07) is 0.542. The first-order valence-corrected chi connectivity index (χ1v) is 11.7. The Bertz CT molecular complexity index is 676. The zero-order valence-corrected chi connectivity index (χ0v) is 18.2. The highest BCUT2D eigenvalue weighted by atomic mass is 32.2. The Balaban J connectivity index is 1.57. The van der Waals surface area contributed by atoms with E-state index in [-0.39, 0.29) is 29.1 Å². The summed E-state index contributed by atoms with van der Waals surface area (Å²) < 4.78 is 0.743. The number of nitrogens with zero attached hydrogens (tertiary/aromatic N) is 3. The molecule has 1 N–H and O–H groups in total. The maximum Gasteiger partial charge on any atom is 0.233 e. The monoisotopic (exact) mass is 410 g/mol. The first kappa shape index (κ1) is 20.6. The Hall–Kier alpha value is -1.15. The summed E-state index contributed by atoms with van der Waals surface area (Å²) in [5.74, 6) is 1.32. The Morgan fingerprint density at radius 3 is 2.67 bits per heavy atom. The van der Waals surface area contributed by atoms with Crippen LogP contribution in [0.25, 0.3) is 0 Å². The number of nitrogens with one attached hydrogen (secondary N) is 1. The molecule has 2 fully saturated rings. The van der Waals surface area contributed by atoms with E-state index in [9.17, 15) is 9.59 Å². The van der Waals surface area contributed by atoms with E-state index in [1.807, 2.05) is 13.8 Å². The zero-order chi connectivity index (χ0) is 19.6. The molecule has 0 spiro atoms. The lowest BCUT2D eigenvalue weighted by Gasteiger charge is -2.35. The van der Waals surface area contributed by atoms with Crippen molar-refractivity contribution in [2.45, 2.75) is 87.9 Å². The van der Waals surface area contributed by atoms with Gasteiger partial charge in [0.2, 0.25) is 16.9 Å². The summed E-state index contributed by atoms with van der Waals surface area (Å²) >= 11 is 2.84. The molecule has 0 aromatic carbocycles. The number of amides is 2. The van der Waals surface area contributed by atoms with Crippen LogP contribution in [0.2, 0.25) is 0 Å². The van der Waals surface area contributed by atoms with Crippen molar-refractivity contribution < 1.29 is 9.59 Å². The van der Waals surface area contributed by atoms with Gasteiger partial charge in [-0.25, -0.2) is 0 Å². The smallest absolute Gasteiger partial charge is 0.233 e. The molecule has 0 unspecified atom stereocenters. The second kappa shape index (κ2) is 8.90. The van der Waals surface area contributed by atoms with Gasteiger partial charge in [-0.05, 0) is 38.0 Å². The standard InChI is InChI=1S/C19H30N4O2S2/c1-5-16(24)23(14-9-10-14)18-21-22-19(27-18)26-13(4)17(25)20-15-8-6-7-11(2)12(15)3/h11-15H,5-10H2,1-4H3,(H,20,25)/t11-,12-,13+,15+/m0/s1. The van der Waals surface area contributed by atoms with Crippen molar-refractivity contribution in [3.8, 4) is 0 Å². The lowest BCUT2D eigenvalue weighted by atomic mass is 9.78. The van der Waals surface area contributed by atoms with Gasteiger partial charge in [0.15, 0.2) is 4.34 Å². The first-order valence-electron chi connectivity index (χ1n) is 10.0. The zero-order valence-electron chi connectivity index (χ0n) is 16.6. The number of aromatic nitrogens is 2. The molecule has 2 amide bonds. The molecular formula is C19H30N4O2S2. The minimum absolute atomic E-state index is 0.0615. The third-order valence-corrected chi connectivity index (χ3v) is 7.87. The second-order valence-electron chi connectivity index (χ2n) is 7.84. The van der Waals surface area contributed by atoms with E-state index >= 15 is 0 Å². The van der Waals surface area contributed by atoms with Crippen LogP contribution >= 0.6 is 23.1 Å². The van der Waals surface area contributed by atoms with Crippen LogP contribution in [0.15, 0.2) is 4.34 Å². The molecular weight excluding hydrogens is 380 g/mol. The average molecular weight is 411 g/mol. The van der Waals surface area contributed by atoms with Gasteiger partial charge >= 0.3 is 0 Å². The summed E-state index contributed by atoms with van der Waals surface area (Å²) in [7, 11) is 0. The maximum absolute atomic E-state index is 12.6. The highest BCUT2D eigenvalue weighted by Crippen LogP contribution is 2.37. The summed E-state index contributed by atoms with van der Waals surface area (Å²) in [6.45, 7) is 8.29. The fourth-order valence-electron chi connectivity index (χ4n) is 3.61. The van der Waals surface area contributed by atoms with Crippen LogP contribution in [0, 0.1) is 11.8 Å². The molecule has 6 nitrogen and oxygen atoms in total. The van der Waals surface area contributed by atoms with Crippen LogP contribution in [-0.2, 0) is 9.59 Å². The lowest BCUT2D eigenvalue weighted by Crippen LogP contribution is -2.46. The molecule has 2 aliphatic carbocycles. The third-order valence-electron chi connectivity index (χ3n) is 5.77. The van der Waals surface area contributed by atoms with Crippen molar-refractivity contribution >= 4 is 40.0 Å². The molecule has 0 bridgehead atoms. The largest absolute Gasteiger partial charge is 0.352 e. The quantitative estimate of drug-likeness (QED) is 0.546. The summed E-state index contributed by atoms with van der Waals surface area (Å²) in [5.41, 5.74) is 0. The van der Waals surface area contributed by atoms with Gasteiger partial charge in [-0.15, -0.1) is 10.2 Å². The van der Waals surface area contributed by atoms with Crippen molar-refractivity contribution in [1.29, 1.82) is 0 Å². The summed E-state index contributed by atoms with van der Waals surface area (Å²) in [4.78, 5) is 26.6. The lowest BCUT2D eigenvalue weighted by molar-refractivity contribution is -0.121. The highest BCUT2D eigenvalue weighted by Gasteiger charge is 2.35. The maximum atomic E-state index is 12.6. The molecule has 1 aromatic rings. The van der Waals surface area contributed by atoms with E-state index in [1.165, 1.54) is 35.9 Å². The molecule has 0 aliphatic heterocycles. The second-order valence-corrected chi connectivity index (χ2v) is 10.4. The van der Waals surface area contributed by atoms with Crippen molar-refractivity contribution in [2.75, 3.05) is 4.90 Å². The molecule has 27 heavy (non-hydrogen) atoms. The minimum Gasteiger partial charge on any atom is -0.352 e. The van der Waals surface area contributed by atoms with E-state index in [2.05, 4.69) is 29.4 Å². The van der Waals surface area contributed by atoms with Gasteiger partial charge < -0.3 is 5.32 Å². The normalized spacial score (nSPS) is 26.4. The van der Waals surface area contributed by atoms with E-state index in [0.717, 1.165) is 23.6 Å². The van der Waals surface area contributed by atoms with E-state index in [1.54, 1.807) is 4.90 Å². The topological polar surface area (TPSA) is 75.2 Å². The summed E-state index contributed by atoms with van der Waals surface area (Å²) in [5, 5.41) is 12.1. The number of thioether (sulfide) groups is 1. The molecule has 8 heteroatoms. The van der Waals surface area contributed by atoms with E-state index < -0.39 is 0 Å². The third kappa shape index (κ3) is 5.02. The Morgan fingerprint density at radius 1 is 1.26 bits per heavy atom. The predicted octanol–water partition coefficient (Wildman–Crippen LogP) is 3.87. The van der Waals surface area contributed by atoms with Gasteiger partial charge in [0.05, 0.1) is 5.25 Å². The highest BCUT2D eigenvalue weighted by molar-refractivity contribution is 8.02. The molecule has 2 saturated carbocycles. The van der Waals surface area contributed by atoms with Gasteiger partial charge in [-0.2, -0.15) is 0 Å². The number of hydrogen-bond acceptors (Lipinski definition) is 6. The number of hydrogen-bond donors (Lipinski definition) is 1. The fraction of sp³-hybridized carbons (Fsp3) is 0.789. The Labute approximate surface area is 169 Å². The van der Waals surface area contributed by atoms with Gasteiger partial charge in [-0.1, -0.05) is 56.7 Å². The number of carbonyl (C=O) groups is 2. The molecule has 4 atom stereocenters. The van der Waals surface area contributed by atoms with Gasteiger partial charge in [0.1, 0.15) is 0 Å². The minimum atomic E-state index is -0.230. The van der Waals surface area contributed by atoms with Crippen molar-refractivity contribution in [1.82, 2.24) is 15.5 Å². The van der Waals surface area contributed by atoms with E-state index in [0.29, 0.717) is 23.4 Å². The molecule has 2 aliphatic rings. The number of carbonyl (C=O) groups excluding carboxylic acids is 2.